The Morgan fingerprint density at radius 2 is 1.61 bits per heavy atom. The molecule has 0 aromatic heterocycles. The summed E-state index contributed by atoms with van der Waals surface area (Å²) in [5, 5.41) is 5.75. The number of ether oxygens (including phenoxy) is 1. The molecule has 2 amide bonds. The number of ketones is 1. The molecular formula is C26H20ClN3O5S. The number of nitrogens with one attached hydrogen (secondary N) is 2. The van der Waals surface area contributed by atoms with Crippen LogP contribution >= 0.6 is 23.4 Å². The molecule has 1 aliphatic rings. The lowest BCUT2D eigenvalue weighted by atomic mass is 10.1. The second-order valence-electron chi connectivity index (χ2n) is 7.68. The van der Waals surface area contributed by atoms with Crippen LogP contribution in [0.1, 0.15) is 27.1 Å². The minimum atomic E-state index is -0.667. The summed E-state index contributed by atoms with van der Waals surface area (Å²) in [5.41, 5.74) is 1.77. The number of benzene rings is 3. The molecule has 1 saturated heterocycles. The molecule has 1 unspecified atom stereocenters. The molecule has 0 aliphatic carbocycles. The summed E-state index contributed by atoms with van der Waals surface area (Å²) in [6.45, 7) is -0.407. The summed E-state index contributed by atoms with van der Waals surface area (Å²) in [6, 6.07) is 21.5. The van der Waals surface area contributed by atoms with Crippen LogP contribution in [0.5, 0.6) is 0 Å². The van der Waals surface area contributed by atoms with E-state index in [4.69, 9.17) is 16.3 Å². The number of aliphatic imine (C=N–C) groups is 1. The van der Waals surface area contributed by atoms with Crippen molar-refractivity contribution in [3.8, 4) is 0 Å². The van der Waals surface area contributed by atoms with Gasteiger partial charge in [0.15, 0.2) is 17.6 Å². The molecule has 0 saturated carbocycles. The van der Waals surface area contributed by atoms with Gasteiger partial charge in [0.25, 0.3) is 0 Å². The fraction of sp³-hybridized carbons (Fsp3) is 0.115. The highest BCUT2D eigenvalue weighted by Crippen LogP contribution is 2.25. The van der Waals surface area contributed by atoms with E-state index in [0.717, 1.165) is 0 Å². The standard InChI is InChI=1S/C26H20ClN3O5S/c27-18-10-6-16(7-11-18)21(31)15-35-25(34)17-8-12-20(13-9-17)28-23(32)14-22-24(33)30-26(36-22)29-19-4-2-1-3-5-19/h1-13,22H,14-15H2,(H,28,32)(H,29,30,33). The van der Waals surface area contributed by atoms with E-state index in [-0.39, 0.29) is 29.6 Å². The van der Waals surface area contributed by atoms with Crippen molar-refractivity contribution in [3.05, 3.63) is 95.0 Å². The Morgan fingerprint density at radius 3 is 2.31 bits per heavy atom. The van der Waals surface area contributed by atoms with Crippen molar-refractivity contribution in [2.45, 2.75) is 11.7 Å². The smallest absolute Gasteiger partial charge is 0.338 e. The highest BCUT2D eigenvalue weighted by Gasteiger charge is 2.32. The monoisotopic (exact) mass is 521 g/mol. The average molecular weight is 522 g/mol. The Kier molecular flexibility index (Phi) is 8.14. The molecule has 3 aromatic rings. The summed E-state index contributed by atoms with van der Waals surface area (Å²) < 4.78 is 5.08. The maximum atomic E-state index is 12.4. The number of carbonyl (C=O) groups excluding carboxylic acids is 4. The lowest BCUT2D eigenvalue weighted by Crippen LogP contribution is -2.28. The number of halogens is 1. The minimum Gasteiger partial charge on any atom is -0.454 e. The van der Waals surface area contributed by atoms with Gasteiger partial charge in [-0.25, -0.2) is 9.79 Å². The molecular weight excluding hydrogens is 502 g/mol. The third-order valence-electron chi connectivity index (χ3n) is 5.04. The van der Waals surface area contributed by atoms with Crippen LogP contribution in [-0.2, 0) is 14.3 Å². The van der Waals surface area contributed by atoms with E-state index < -0.39 is 17.8 Å². The van der Waals surface area contributed by atoms with Crippen LogP contribution in [-0.4, -0.2) is 40.6 Å². The van der Waals surface area contributed by atoms with E-state index in [2.05, 4.69) is 15.6 Å². The van der Waals surface area contributed by atoms with Gasteiger partial charge >= 0.3 is 5.97 Å². The predicted molar refractivity (Wildman–Crippen MR) is 139 cm³/mol. The molecule has 4 rings (SSSR count). The summed E-state index contributed by atoms with van der Waals surface area (Å²) >= 11 is 7.00. The Bertz CT molecular complexity index is 1310. The van der Waals surface area contributed by atoms with Crippen LogP contribution in [0.25, 0.3) is 0 Å². The lowest BCUT2D eigenvalue weighted by Gasteiger charge is -2.08. The van der Waals surface area contributed by atoms with Gasteiger partial charge in [-0.3, -0.25) is 14.4 Å². The number of carbonyl (C=O) groups is 4. The molecule has 2 N–H and O–H groups in total. The first kappa shape index (κ1) is 25.2. The van der Waals surface area contributed by atoms with Crippen molar-refractivity contribution < 1.29 is 23.9 Å². The lowest BCUT2D eigenvalue weighted by molar-refractivity contribution is -0.122. The number of amidine groups is 1. The van der Waals surface area contributed by atoms with E-state index in [1.807, 2.05) is 30.3 Å². The number of anilines is 1. The number of hydrogen-bond acceptors (Lipinski definition) is 7. The molecule has 182 valence electrons. The van der Waals surface area contributed by atoms with Crippen molar-refractivity contribution in [2.75, 3.05) is 11.9 Å². The molecule has 1 heterocycles. The summed E-state index contributed by atoms with van der Waals surface area (Å²) in [5.74, 6) is -1.65. The third kappa shape index (κ3) is 6.80. The topological polar surface area (TPSA) is 114 Å². The van der Waals surface area contributed by atoms with Crippen molar-refractivity contribution in [1.82, 2.24) is 5.32 Å². The molecule has 0 bridgehead atoms. The van der Waals surface area contributed by atoms with Gasteiger partial charge in [-0.05, 0) is 60.7 Å². The van der Waals surface area contributed by atoms with Gasteiger partial charge in [0.2, 0.25) is 11.8 Å². The minimum absolute atomic E-state index is 0.0408. The van der Waals surface area contributed by atoms with Gasteiger partial charge in [0, 0.05) is 22.7 Å². The average Bonchev–Trinajstić information content (AvgIpc) is 3.21. The molecule has 0 radical (unpaired) electrons. The SMILES string of the molecule is O=C(CC1SC(=Nc2ccccc2)NC1=O)Nc1ccc(C(=O)OCC(=O)c2ccc(Cl)cc2)cc1. The maximum Gasteiger partial charge on any atom is 0.338 e. The summed E-state index contributed by atoms with van der Waals surface area (Å²) in [6.07, 6.45) is -0.0408. The Hall–Kier alpha value is -3.95. The quantitative estimate of drug-likeness (QED) is 0.330. The number of Topliss-reactive ketones (excluding diaryl/α,β-unsaturated/α-hetero) is 1. The van der Waals surface area contributed by atoms with Crippen LogP contribution < -0.4 is 10.6 Å². The zero-order valence-electron chi connectivity index (χ0n) is 18.8. The number of thioether (sulfide) groups is 1. The molecule has 10 heteroatoms. The number of esters is 1. The Labute approximate surface area is 216 Å². The zero-order valence-corrected chi connectivity index (χ0v) is 20.3. The van der Waals surface area contributed by atoms with E-state index >= 15 is 0 Å². The number of rotatable bonds is 8. The van der Waals surface area contributed by atoms with Crippen LogP contribution in [0.4, 0.5) is 11.4 Å². The predicted octanol–water partition coefficient (Wildman–Crippen LogP) is 4.63. The third-order valence-corrected chi connectivity index (χ3v) is 6.37. The van der Waals surface area contributed by atoms with Crippen molar-refractivity contribution in [2.24, 2.45) is 4.99 Å². The largest absolute Gasteiger partial charge is 0.454 e. The Morgan fingerprint density at radius 1 is 0.944 bits per heavy atom. The Balaban J connectivity index is 1.26. The first-order valence-corrected chi connectivity index (χ1v) is 12.1. The van der Waals surface area contributed by atoms with Crippen LogP contribution in [0.3, 0.4) is 0 Å². The van der Waals surface area contributed by atoms with Gasteiger partial charge in [0.05, 0.1) is 11.3 Å². The van der Waals surface area contributed by atoms with E-state index in [0.29, 0.717) is 27.1 Å². The fourth-order valence-corrected chi connectivity index (χ4v) is 4.33. The molecule has 1 fully saturated rings. The molecule has 0 spiro atoms. The summed E-state index contributed by atoms with van der Waals surface area (Å²) in [7, 11) is 0. The van der Waals surface area contributed by atoms with Crippen molar-refractivity contribution in [3.63, 3.8) is 0 Å². The van der Waals surface area contributed by atoms with Gasteiger partial charge in [-0.1, -0.05) is 41.6 Å². The van der Waals surface area contributed by atoms with Gasteiger partial charge in [0.1, 0.15) is 5.25 Å². The second kappa shape index (κ2) is 11.7. The van der Waals surface area contributed by atoms with E-state index in [9.17, 15) is 19.2 Å². The number of nitrogens with zero attached hydrogens (tertiary/aromatic N) is 1. The fourth-order valence-electron chi connectivity index (χ4n) is 3.22. The van der Waals surface area contributed by atoms with Crippen LogP contribution in [0.2, 0.25) is 5.02 Å². The van der Waals surface area contributed by atoms with Gasteiger partial charge in [-0.15, -0.1) is 0 Å². The molecule has 8 nitrogen and oxygen atoms in total. The first-order valence-electron chi connectivity index (χ1n) is 10.8. The van der Waals surface area contributed by atoms with E-state index in [1.54, 1.807) is 36.4 Å². The molecule has 1 atom stereocenters. The molecule has 36 heavy (non-hydrogen) atoms. The number of hydrogen-bond donors (Lipinski definition) is 2. The first-order chi connectivity index (χ1) is 17.4. The van der Waals surface area contributed by atoms with Gasteiger partial charge in [-0.2, -0.15) is 0 Å². The van der Waals surface area contributed by atoms with E-state index in [1.165, 1.54) is 23.9 Å². The highest BCUT2D eigenvalue weighted by molar-refractivity contribution is 8.15. The number of para-hydroxylation sites is 1. The normalized spacial score (nSPS) is 15.9. The highest BCUT2D eigenvalue weighted by atomic mass is 35.5. The van der Waals surface area contributed by atoms with Gasteiger partial charge < -0.3 is 15.4 Å². The molecule has 3 aromatic carbocycles. The van der Waals surface area contributed by atoms with Crippen LogP contribution in [0.15, 0.2) is 83.9 Å². The molecule has 1 aliphatic heterocycles. The van der Waals surface area contributed by atoms with Crippen LogP contribution in [0, 0.1) is 0 Å². The number of amides is 2. The zero-order chi connectivity index (χ0) is 25.5. The second-order valence-corrected chi connectivity index (χ2v) is 9.31. The summed E-state index contributed by atoms with van der Waals surface area (Å²) in [4.78, 5) is 53.4. The maximum absolute atomic E-state index is 12.4. The van der Waals surface area contributed by atoms with Crippen molar-refractivity contribution >= 4 is 63.5 Å². The van der Waals surface area contributed by atoms with Crippen molar-refractivity contribution in [1.29, 1.82) is 0 Å².